The highest BCUT2D eigenvalue weighted by Crippen LogP contribution is 2.24. The van der Waals surface area contributed by atoms with Gasteiger partial charge in [-0.3, -0.25) is 9.59 Å². The third kappa shape index (κ3) is 5.46. The standard InChI is InChI=1S/C18H21F2NO6/c1-10(22)26-15(17(24)27-18(2,3)4)14-16(23)21(5-6-25-14)13-8-11(19)7-12(20)9-13/h7-9,14-15H,5-6H2,1-4H3. The molecule has 0 bridgehead atoms. The van der Waals surface area contributed by atoms with Crippen molar-refractivity contribution in [1.82, 2.24) is 0 Å². The molecule has 1 amide bonds. The lowest BCUT2D eigenvalue weighted by Gasteiger charge is -2.35. The number of nitrogens with zero attached hydrogens (tertiary/aromatic N) is 1. The molecule has 0 spiro atoms. The second-order valence-electron chi connectivity index (χ2n) is 6.97. The lowest BCUT2D eigenvalue weighted by atomic mass is 10.1. The molecule has 9 heteroatoms. The van der Waals surface area contributed by atoms with Gasteiger partial charge in [-0.1, -0.05) is 0 Å². The zero-order valence-electron chi connectivity index (χ0n) is 15.5. The fourth-order valence-corrected chi connectivity index (χ4v) is 2.55. The molecule has 148 valence electrons. The largest absolute Gasteiger partial charge is 0.457 e. The van der Waals surface area contributed by atoms with Crippen LogP contribution in [-0.4, -0.2) is 48.8 Å². The highest BCUT2D eigenvalue weighted by atomic mass is 19.1. The zero-order valence-corrected chi connectivity index (χ0v) is 15.5. The molecule has 2 rings (SSSR count). The highest BCUT2D eigenvalue weighted by molar-refractivity contribution is 6.00. The normalized spacial score (nSPS) is 18.8. The molecule has 1 aliphatic rings. The Morgan fingerprint density at radius 1 is 1.22 bits per heavy atom. The summed E-state index contributed by atoms with van der Waals surface area (Å²) in [5, 5.41) is 0. The molecular weight excluding hydrogens is 364 g/mol. The first-order valence-electron chi connectivity index (χ1n) is 8.27. The molecule has 0 aromatic heterocycles. The van der Waals surface area contributed by atoms with Crippen molar-refractivity contribution in [3.05, 3.63) is 29.8 Å². The van der Waals surface area contributed by atoms with Crippen LogP contribution in [0, 0.1) is 11.6 Å². The fourth-order valence-electron chi connectivity index (χ4n) is 2.55. The van der Waals surface area contributed by atoms with Crippen LogP contribution in [0.2, 0.25) is 0 Å². The van der Waals surface area contributed by atoms with Crippen molar-refractivity contribution in [2.75, 3.05) is 18.1 Å². The smallest absolute Gasteiger partial charge is 0.351 e. The van der Waals surface area contributed by atoms with E-state index in [1.165, 1.54) is 0 Å². The van der Waals surface area contributed by atoms with E-state index in [1.54, 1.807) is 20.8 Å². The summed E-state index contributed by atoms with van der Waals surface area (Å²) in [6.07, 6.45) is -3.14. The Morgan fingerprint density at radius 2 is 1.81 bits per heavy atom. The van der Waals surface area contributed by atoms with Crippen molar-refractivity contribution >= 4 is 23.5 Å². The number of ether oxygens (including phenoxy) is 3. The van der Waals surface area contributed by atoms with Crippen LogP contribution in [0.5, 0.6) is 0 Å². The van der Waals surface area contributed by atoms with E-state index in [0.29, 0.717) is 6.07 Å². The second kappa shape index (κ2) is 7.99. The summed E-state index contributed by atoms with van der Waals surface area (Å²) in [7, 11) is 0. The van der Waals surface area contributed by atoms with Crippen molar-refractivity contribution in [1.29, 1.82) is 0 Å². The molecule has 1 heterocycles. The topological polar surface area (TPSA) is 82.1 Å². The molecular formula is C18H21F2NO6. The van der Waals surface area contributed by atoms with Crippen LogP contribution in [-0.2, 0) is 28.6 Å². The third-order valence-electron chi connectivity index (χ3n) is 3.49. The zero-order chi connectivity index (χ0) is 20.4. The maximum Gasteiger partial charge on any atom is 0.351 e. The minimum Gasteiger partial charge on any atom is -0.457 e. The van der Waals surface area contributed by atoms with E-state index in [1.807, 2.05) is 0 Å². The van der Waals surface area contributed by atoms with Gasteiger partial charge in [-0.15, -0.1) is 0 Å². The summed E-state index contributed by atoms with van der Waals surface area (Å²) in [5.41, 5.74) is -0.921. The van der Waals surface area contributed by atoms with Gasteiger partial charge in [-0.25, -0.2) is 13.6 Å². The van der Waals surface area contributed by atoms with Gasteiger partial charge in [-0.2, -0.15) is 0 Å². The van der Waals surface area contributed by atoms with E-state index in [-0.39, 0.29) is 18.8 Å². The van der Waals surface area contributed by atoms with Crippen LogP contribution in [0.25, 0.3) is 0 Å². The van der Waals surface area contributed by atoms with E-state index < -0.39 is 47.3 Å². The Hall–Kier alpha value is -2.55. The number of benzene rings is 1. The summed E-state index contributed by atoms with van der Waals surface area (Å²) in [6.45, 7) is 5.89. The number of halogens is 2. The van der Waals surface area contributed by atoms with Crippen LogP contribution in [0.3, 0.4) is 0 Å². The SMILES string of the molecule is CC(=O)OC(C(=O)OC(C)(C)C)C1OCCN(c2cc(F)cc(F)c2)C1=O. The highest BCUT2D eigenvalue weighted by Gasteiger charge is 2.44. The third-order valence-corrected chi connectivity index (χ3v) is 3.49. The number of hydrogen-bond acceptors (Lipinski definition) is 6. The summed E-state index contributed by atoms with van der Waals surface area (Å²) < 4.78 is 42.5. The van der Waals surface area contributed by atoms with Crippen molar-refractivity contribution in [2.45, 2.75) is 45.5 Å². The van der Waals surface area contributed by atoms with Crippen molar-refractivity contribution in [3.63, 3.8) is 0 Å². The van der Waals surface area contributed by atoms with Gasteiger partial charge in [0, 0.05) is 25.2 Å². The molecule has 1 saturated heterocycles. The van der Waals surface area contributed by atoms with Gasteiger partial charge in [0.25, 0.3) is 5.91 Å². The van der Waals surface area contributed by atoms with Crippen LogP contribution < -0.4 is 4.90 Å². The minimum absolute atomic E-state index is 0.0132. The fraction of sp³-hybridized carbons (Fsp3) is 0.500. The number of morpholine rings is 1. The van der Waals surface area contributed by atoms with Crippen molar-refractivity contribution in [2.24, 2.45) is 0 Å². The molecule has 1 aromatic carbocycles. The molecule has 2 atom stereocenters. The number of amides is 1. The van der Waals surface area contributed by atoms with Gasteiger partial charge in [0.1, 0.15) is 17.2 Å². The van der Waals surface area contributed by atoms with Crippen LogP contribution in [0.15, 0.2) is 18.2 Å². The Balaban J connectivity index is 2.31. The monoisotopic (exact) mass is 385 g/mol. The average molecular weight is 385 g/mol. The van der Waals surface area contributed by atoms with Crippen molar-refractivity contribution < 1.29 is 37.4 Å². The second-order valence-corrected chi connectivity index (χ2v) is 6.97. The molecule has 1 aliphatic heterocycles. The molecule has 7 nitrogen and oxygen atoms in total. The molecule has 1 fully saturated rings. The molecule has 2 unspecified atom stereocenters. The predicted octanol–water partition coefficient (Wildman–Crippen LogP) is 1.97. The van der Waals surface area contributed by atoms with Gasteiger partial charge in [-0.05, 0) is 32.9 Å². The van der Waals surface area contributed by atoms with Gasteiger partial charge in [0.05, 0.1) is 6.61 Å². The minimum atomic E-state index is -1.64. The molecule has 27 heavy (non-hydrogen) atoms. The van der Waals surface area contributed by atoms with Crippen molar-refractivity contribution in [3.8, 4) is 0 Å². The Bertz CT molecular complexity index is 726. The quantitative estimate of drug-likeness (QED) is 0.737. The Kier molecular flexibility index (Phi) is 6.15. The lowest BCUT2D eigenvalue weighted by molar-refractivity contribution is -0.188. The average Bonchev–Trinajstić information content (AvgIpc) is 2.50. The van der Waals surface area contributed by atoms with E-state index in [0.717, 1.165) is 24.0 Å². The summed E-state index contributed by atoms with van der Waals surface area (Å²) in [6, 6.07) is 2.64. The summed E-state index contributed by atoms with van der Waals surface area (Å²) >= 11 is 0. The van der Waals surface area contributed by atoms with E-state index in [2.05, 4.69) is 0 Å². The number of anilines is 1. The number of esters is 2. The predicted molar refractivity (Wildman–Crippen MR) is 89.9 cm³/mol. The van der Waals surface area contributed by atoms with Gasteiger partial charge in [0.2, 0.25) is 6.10 Å². The number of rotatable bonds is 4. The van der Waals surface area contributed by atoms with E-state index >= 15 is 0 Å². The van der Waals surface area contributed by atoms with Crippen LogP contribution >= 0.6 is 0 Å². The lowest BCUT2D eigenvalue weighted by Crippen LogP contribution is -2.56. The first-order valence-corrected chi connectivity index (χ1v) is 8.27. The molecule has 0 radical (unpaired) electrons. The van der Waals surface area contributed by atoms with Gasteiger partial charge < -0.3 is 19.1 Å². The summed E-state index contributed by atoms with van der Waals surface area (Å²) in [4.78, 5) is 37.7. The van der Waals surface area contributed by atoms with Gasteiger partial charge >= 0.3 is 11.9 Å². The molecule has 0 N–H and O–H groups in total. The number of carbonyl (C=O) groups excluding carboxylic acids is 3. The van der Waals surface area contributed by atoms with Crippen LogP contribution in [0.4, 0.5) is 14.5 Å². The van der Waals surface area contributed by atoms with Crippen LogP contribution in [0.1, 0.15) is 27.7 Å². The first-order chi connectivity index (χ1) is 12.5. The molecule has 0 saturated carbocycles. The van der Waals surface area contributed by atoms with E-state index in [9.17, 15) is 23.2 Å². The van der Waals surface area contributed by atoms with Gasteiger partial charge in [0.15, 0.2) is 6.10 Å². The maximum atomic E-state index is 13.5. The number of carbonyl (C=O) groups is 3. The molecule has 0 aliphatic carbocycles. The maximum absolute atomic E-state index is 13.5. The first kappa shape index (κ1) is 20.8. The summed E-state index contributed by atoms with van der Waals surface area (Å²) in [5.74, 6) is -4.25. The number of hydrogen-bond donors (Lipinski definition) is 0. The Morgan fingerprint density at radius 3 is 2.33 bits per heavy atom. The van der Waals surface area contributed by atoms with E-state index in [4.69, 9.17) is 14.2 Å². The Labute approximate surface area is 155 Å². The molecule has 1 aromatic rings.